The van der Waals surface area contributed by atoms with E-state index in [4.69, 9.17) is 9.47 Å². The summed E-state index contributed by atoms with van der Waals surface area (Å²) in [6.45, 7) is 1.79. The smallest absolute Gasteiger partial charge is 0.331 e. The number of aryl methyl sites for hydroxylation is 1. The second-order valence-corrected chi connectivity index (χ2v) is 7.86. The van der Waals surface area contributed by atoms with Crippen molar-refractivity contribution in [3.8, 4) is 11.5 Å². The zero-order valence-corrected chi connectivity index (χ0v) is 19.3. The minimum absolute atomic E-state index is 0.0247. The van der Waals surface area contributed by atoms with E-state index in [1.165, 1.54) is 26.5 Å². The number of ether oxygens (including phenoxy) is 3. The monoisotopic (exact) mass is 484 g/mol. The topological polar surface area (TPSA) is 142 Å². The Kier molecular flexibility index (Phi) is 7.98. The summed E-state index contributed by atoms with van der Waals surface area (Å²) in [5.41, 5.74) is 1.92. The van der Waals surface area contributed by atoms with Crippen molar-refractivity contribution in [3.63, 3.8) is 0 Å². The van der Waals surface area contributed by atoms with Gasteiger partial charge in [0.05, 0.1) is 30.3 Å². The van der Waals surface area contributed by atoms with E-state index in [-0.39, 0.29) is 28.1 Å². The zero-order valence-electron chi connectivity index (χ0n) is 18.4. The molecule has 0 aromatic heterocycles. The molecule has 1 fully saturated rings. The number of methoxy groups -OCH3 is 2. The highest BCUT2D eigenvalue weighted by atomic mass is 32.2. The minimum atomic E-state index is -0.647. The van der Waals surface area contributed by atoms with Gasteiger partial charge in [-0.15, -0.1) is 5.10 Å². The van der Waals surface area contributed by atoms with Crippen LogP contribution in [0.25, 0.3) is 0 Å². The van der Waals surface area contributed by atoms with Crippen LogP contribution in [0.5, 0.6) is 11.5 Å². The number of esters is 1. The first-order valence-electron chi connectivity index (χ1n) is 9.75. The van der Waals surface area contributed by atoms with Crippen molar-refractivity contribution in [2.75, 3.05) is 14.2 Å². The second kappa shape index (κ2) is 11.1. The SMILES string of the molecule is COC(=O)/C=C1/S/C(=N\N=Cc2ccc(OC)c(COc3ccc(C)cc3[N+](=O)[O-])c2)NC1=O. The van der Waals surface area contributed by atoms with E-state index in [1.54, 1.807) is 37.3 Å². The Hall–Kier alpha value is -4.19. The standard InChI is InChI=1S/C22H20N4O7S/c1-13-4-6-18(16(8-13)26(29)30)33-12-15-9-14(5-7-17(15)31-2)11-23-25-22-24-21(28)19(34-22)10-20(27)32-3/h4-11H,12H2,1-3H3,(H,24,25,28)/b19-10+,23-11?. The van der Waals surface area contributed by atoms with Gasteiger partial charge < -0.3 is 14.2 Å². The fourth-order valence-electron chi connectivity index (χ4n) is 2.83. The molecule has 3 rings (SSSR count). The molecule has 0 saturated carbocycles. The third-order valence-electron chi connectivity index (χ3n) is 4.46. The number of nitro benzene ring substituents is 1. The molecule has 0 spiro atoms. The fourth-order valence-corrected chi connectivity index (χ4v) is 3.57. The van der Waals surface area contributed by atoms with Crippen LogP contribution < -0.4 is 14.8 Å². The van der Waals surface area contributed by atoms with Crippen molar-refractivity contribution in [2.45, 2.75) is 13.5 Å². The molecule has 1 N–H and O–H groups in total. The van der Waals surface area contributed by atoms with Crippen molar-refractivity contribution in [1.82, 2.24) is 5.32 Å². The number of carbonyl (C=O) groups excluding carboxylic acids is 2. The maximum atomic E-state index is 11.8. The van der Waals surface area contributed by atoms with Gasteiger partial charge in [0.1, 0.15) is 12.4 Å². The minimum Gasteiger partial charge on any atom is -0.496 e. The molecule has 2 aromatic carbocycles. The van der Waals surface area contributed by atoms with Gasteiger partial charge in [-0.2, -0.15) is 5.10 Å². The van der Waals surface area contributed by atoms with Crippen LogP contribution in [0, 0.1) is 17.0 Å². The van der Waals surface area contributed by atoms with Gasteiger partial charge in [0.15, 0.2) is 10.9 Å². The molecule has 0 radical (unpaired) electrons. The first-order valence-corrected chi connectivity index (χ1v) is 10.6. The number of benzene rings is 2. The number of carbonyl (C=O) groups is 2. The summed E-state index contributed by atoms with van der Waals surface area (Å²) in [5, 5.41) is 21.9. The number of nitrogens with one attached hydrogen (secondary N) is 1. The van der Waals surface area contributed by atoms with E-state index in [0.29, 0.717) is 16.9 Å². The molecule has 0 atom stereocenters. The highest BCUT2D eigenvalue weighted by Gasteiger charge is 2.25. The summed E-state index contributed by atoms with van der Waals surface area (Å²) in [7, 11) is 2.72. The highest BCUT2D eigenvalue weighted by molar-refractivity contribution is 8.18. The zero-order chi connectivity index (χ0) is 24.7. The second-order valence-electron chi connectivity index (χ2n) is 6.83. The number of hydrogen-bond donors (Lipinski definition) is 1. The third kappa shape index (κ3) is 6.19. The van der Waals surface area contributed by atoms with Gasteiger partial charge in [0, 0.05) is 17.7 Å². The normalized spacial score (nSPS) is 15.6. The molecule has 0 bridgehead atoms. The van der Waals surface area contributed by atoms with E-state index in [2.05, 4.69) is 20.3 Å². The van der Waals surface area contributed by atoms with Gasteiger partial charge in [-0.25, -0.2) is 4.79 Å². The Labute approximate surface area is 198 Å². The van der Waals surface area contributed by atoms with Crippen molar-refractivity contribution in [1.29, 1.82) is 0 Å². The van der Waals surface area contributed by atoms with Crippen LogP contribution in [0.1, 0.15) is 16.7 Å². The molecule has 12 heteroatoms. The fraction of sp³-hybridized carbons (Fsp3) is 0.182. The molecule has 0 unspecified atom stereocenters. The van der Waals surface area contributed by atoms with Crippen LogP contribution in [0.2, 0.25) is 0 Å². The number of hydrogen-bond acceptors (Lipinski definition) is 10. The lowest BCUT2D eigenvalue weighted by molar-refractivity contribution is -0.386. The summed E-state index contributed by atoms with van der Waals surface area (Å²) in [6.07, 6.45) is 2.53. The predicted molar refractivity (Wildman–Crippen MR) is 126 cm³/mol. The van der Waals surface area contributed by atoms with Gasteiger partial charge in [0.2, 0.25) is 0 Å². The van der Waals surface area contributed by atoms with Gasteiger partial charge >= 0.3 is 11.7 Å². The summed E-state index contributed by atoms with van der Waals surface area (Å²) < 4.78 is 15.6. The average Bonchev–Trinajstić information content (AvgIpc) is 3.16. The first-order chi connectivity index (χ1) is 16.3. The van der Waals surface area contributed by atoms with Gasteiger partial charge in [-0.1, -0.05) is 6.07 Å². The van der Waals surface area contributed by atoms with Crippen LogP contribution in [0.4, 0.5) is 5.69 Å². The lowest BCUT2D eigenvalue weighted by atomic mass is 10.1. The first kappa shape index (κ1) is 24.5. The maximum Gasteiger partial charge on any atom is 0.331 e. The molecule has 0 aliphatic carbocycles. The number of thioether (sulfide) groups is 1. The molecular weight excluding hydrogens is 464 g/mol. The predicted octanol–water partition coefficient (Wildman–Crippen LogP) is 3.10. The van der Waals surface area contributed by atoms with E-state index < -0.39 is 16.8 Å². The number of amides is 1. The van der Waals surface area contributed by atoms with Crippen molar-refractivity contribution in [3.05, 3.63) is 74.2 Å². The summed E-state index contributed by atoms with van der Waals surface area (Å²) in [6, 6.07) is 9.92. The summed E-state index contributed by atoms with van der Waals surface area (Å²) in [5.74, 6) is -0.438. The molecule has 1 amide bonds. The van der Waals surface area contributed by atoms with E-state index in [1.807, 2.05) is 0 Å². The van der Waals surface area contributed by atoms with Crippen molar-refractivity contribution in [2.24, 2.45) is 10.2 Å². The Morgan fingerprint density at radius 3 is 2.68 bits per heavy atom. The van der Waals surface area contributed by atoms with E-state index in [0.717, 1.165) is 23.4 Å². The lowest BCUT2D eigenvalue weighted by Crippen LogP contribution is -2.19. The van der Waals surface area contributed by atoms with Gasteiger partial charge in [-0.3, -0.25) is 20.2 Å². The lowest BCUT2D eigenvalue weighted by Gasteiger charge is -2.11. The molecule has 176 valence electrons. The molecule has 1 aliphatic heterocycles. The highest BCUT2D eigenvalue weighted by Crippen LogP contribution is 2.30. The Morgan fingerprint density at radius 2 is 1.97 bits per heavy atom. The van der Waals surface area contributed by atoms with Gasteiger partial charge in [0.25, 0.3) is 5.91 Å². The van der Waals surface area contributed by atoms with Crippen LogP contribution >= 0.6 is 11.8 Å². The van der Waals surface area contributed by atoms with Crippen LogP contribution in [0.3, 0.4) is 0 Å². The summed E-state index contributed by atoms with van der Waals surface area (Å²) in [4.78, 5) is 34.1. The average molecular weight is 484 g/mol. The summed E-state index contributed by atoms with van der Waals surface area (Å²) >= 11 is 0.958. The molecular formula is C22H20N4O7S. The number of amidine groups is 1. The molecule has 11 nitrogen and oxygen atoms in total. The molecule has 2 aromatic rings. The largest absolute Gasteiger partial charge is 0.496 e. The van der Waals surface area contributed by atoms with Crippen LogP contribution in [0.15, 0.2) is 57.6 Å². The molecule has 1 aliphatic rings. The molecule has 1 heterocycles. The van der Waals surface area contributed by atoms with Crippen LogP contribution in [-0.2, 0) is 20.9 Å². The Bertz CT molecular complexity index is 1220. The van der Waals surface area contributed by atoms with Crippen LogP contribution in [-0.4, -0.2) is 42.4 Å². The van der Waals surface area contributed by atoms with Crippen molar-refractivity contribution < 1.29 is 28.7 Å². The Morgan fingerprint density at radius 1 is 1.21 bits per heavy atom. The number of nitro groups is 1. The molecule has 34 heavy (non-hydrogen) atoms. The Balaban J connectivity index is 1.73. The van der Waals surface area contributed by atoms with Crippen molar-refractivity contribution >= 4 is 40.7 Å². The molecule has 1 saturated heterocycles. The maximum absolute atomic E-state index is 11.8. The third-order valence-corrected chi connectivity index (χ3v) is 5.36. The van der Waals surface area contributed by atoms with Gasteiger partial charge in [-0.05, 0) is 54.1 Å². The van der Waals surface area contributed by atoms with E-state index in [9.17, 15) is 19.7 Å². The number of nitrogens with zero attached hydrogens (tertiary/aromatic N) is 3. The van der Waals surface area contributed by atoms with E-state index >= 15 is 0 Å². The number of rotatable bonds is 8. The quantitative estimate of drug-likeness (QED) is 0.198.